The Kier molecular flexibility index (Phi) is 6.20. The average Bonchev–Trinajstić information content (AvgIpc) is 3.64. The van der Waals surface area contributed by atoms with Crippen molar-refractivity contribution in [3.05, 3.63) is 128 Å². The van der Waals surface area contributed by atoms with Crippen LogP contribution in [0, 0.1) is 20.8 Å². The molecule has 2 aromatic heterocycles. The first-order valence-corrected chi connectivity index (χ1v) is 16.0. The Labute approximate surface area is 268 Å². The van der Waals surface area contributed by atoms with Crippen LogP contribution in [0.25, 0.3) is 21.2 Å². The number of carbonyl (C=O) groups excluding carboxylic acids is 2. The van der Waals surface area contributed by atoms with E-state index in [2.05, 4.69) is 0 Å². The molecule has 0 aliphatic carbocycles. The molecule has 0 radical (unpaired) electrons. The lowest BCUT2D eigenvalue weighted by Crippen LogP contribution is -2.53. The zero-order valence-corrected chi connectivity index (χ0v) is 26.5. The first-order valence-electron chi connectivity index (χ1n) is 15.2. The molecule has 1 atom stereocenters. The summed E-state index contributed by atoms with van der Waals surface area (Å²) in [6.45, 7) is 8.52. The Balaban J connectivity index is 1.43. The van der Waals surface area contributed by atoms with Crippen LogP contribution < -0.4 is 20.0 Å². The number of ether oxygens (including phenoxy) is 1. The first kappa shape index (κ1) is 28.2. The van der Waals surface area contributed by atoms with Gasteiger partial charge in [0.25, 0.3) is 11.8 Å². The topological polar surface area (TPSA) is 93.0 Å². The summed E-state index contributed by atoms with van der Waals surface area (Å²) in [6.07, 6.45) is 0. The van der Waals surface area contributed by atoms with Gasteiger partial charge < -0.3 is 14.1 Å². The van der Waals surface area contributed by atoms with Gasteiger partial charge in [-0.15, -0.1) is 0 Å². The Morgan fingerprint density at radius 2 is 1.72 bits per heavy atom. The van der Waals surface area contributed by atoms with Crippen LogP contribution in [0.4, 0.5) is 10.8 Å². The highest BCUT2D eigenvalue weighted by Gasteiger charge is 2.66. The van der Waals surface area contributed by atoms with Crippen LogP contribution in [-0.4, -0.2) is 23.4 Å². The summed E-state index contributed by atoms with van der Waals surface area (Å²) >= 11 is 1.27. The molecule has 0 N–H and O–H groups in total. The number of para-hydroxylation sites is 1. The minimum Gasteiger partial charge on any atom is -0.494 e. The third-order valence-electron chi connectivity index (χ3n) is 9.01. The van der Waals surface area contributed by atoms with Gasteiger partial charge in [0.15, 0.2) is 16.1 Å². The molecule has 9 heteroatoms. The van der Waals surface area contributed by atoms with Crippen LogP contribution >= 0.6 is 11.3 Å². The number of thiazole rings is 1. The summed E-state index contributed by atoms with van der Waals surface area (Å²) in [4.78, 5) is 52.5. The number of aromatic nitrogens is 1. The molecule has 0 fully saturated rings. The summed E-state index contributed by atoms with van der Waals surface area (Å²) in [5, 5.41) is 0.611. The van der Waals surface area contributed by atoms with Gasteiger partial charge in [0, 0.05) is 5.56 Å². The van der Waals surface area contributed by atoms with E-state index < -0.39 is 22.8 Å². The van der Waals surface area contributed by atoms with Crippen LogP contribution in [0.1, 0.15) is 50.9 Å². The molecule has 2 aliphatic heterocycles. The Morgan fingerprint density at radius 3 is 2.52 bits per heavy atom. The van der Waals surface area contributed by atoms with Gasteiger partial charge in [-0.3, -0.25) is 19.3 Å². The van der Waals surface area contributed by atoms with Gasteiger partial charge >= 0.3 is 0 Å². The third kappa shape index (κ3) is 3.84. The maximum atomic E-state index is 15.2. The number of rotatable bonds is 5. The number of carbonyl (C=O) groups is 2. The van der Waals surface area contributed by atoms with E-state index in [4.69, 9.17) is 14.1 Å². The van der Waals surface area contributed by atoms with Gasteiger partial charge in [0.05, 0.1) is 40.0 Å². The van der Waals surface area contributed by atoms with Gasteiger partial charge in [0.2, 0.25) is 5.76 Å². The molecule has 8 rings (SSSR count). The fraction of sp³-hybridized carbons (Fsp3) is 0.189. The van der Waals surface area contributed by atoms with E-state index in [1.165, 1.54) is 16.2 Å². The lowest BCUT2D eigenvalue weighted by molar-refractivity contribution is -0.121. The molecular formula is C37H29N3O5S. The number of hydrogen-bond acceptors (Lipinski definition) is 7. The molecular weight excluding hydrogens is 598 g/mol. The SMILES string of the molecule is CCOc1ccc2nc(N3C(=O)c4oc5cc(C)c(C)cc5c(=O)c4C34C(=O)N(Cc3cccc(C)c3)c3ccccc34)sc2c1. The van der Waals surface area contributed by atoms with Crippen molar-refractivity contribution in [3.63, 3.8) is 0 Å². The Hall–Kier alpha value is -5.28. The molecule has 1 spiro atoms. The van der Waals surface area contributed by atoms with Crippen molar-refractivity contribution in [2.45, 2.75) is 39.8 Å². The number of anilines is 2. The lowest BCUT2D eigenvalue weighted by atomic mass is 9.84. The molecule has 228 valence electrons. The number of hydrogen-bond donors (Lipinski definition) is 0. The van der Waals surface area contributed by atoms with Crippen molar-refractivity contribution in [3.8, 4) is 5.75 Å². The maximum Gasteiger partial charge on any atom is 0.297 e. The molecule has 1 unspecified atom stereocenters. The molecule has 46 heavy (non-hydrogen) atoms. The van der Waals surface area contributed by atoms with Gasteiger partial charge in [-0.1, -0.05) is 59.4 Å². The van der Waals surface area contributed by atoms with Crippen molar-refractivity contribution < 1.29 is 18.7 Å². The summed E-state index contributed by atoms with van der Waals surface area (Å²) in [5.41, 5.74) is 3.72. The van der Waals surface area contributed by atoms with E-state index in [-0.39, 0.29) is 23.0 Å². The molecule has 4 aromatic carbocycles. The van der Waals surface area contributed by atoms with Crippen molar-refractivity contribution in [1.82, 2.24) is 4.98 Å². The first-order chi connectivity index (χ1) is 22.2. The maximum absolute atomic E-state index is 15.2. The van der Waals surface area contributed by atoms with E-state index in [9.17, 15) is 9.59 Å². The van der Waals surface area contributed by atoms with Crippen molar-refractivity contribution in [2.24, 2.45) is 0 Å². The normalized spacial score (nSPS) is 17.0. The summed E-state index contributed by atoms with van der Waals surface area (Å²) < 4.78 is 12.8. The van der Waals surface area contributed by atoms with Crippen molar-refractivity contribution in [1.29, 1.82) is 0 Å². The van der Waals surface area contributed by atoms with Crippen LogP contribution in [0.15, 0.2) is 88.1 Å². The highest BCUT2D eigenvalue weighted by Crippen LogP contribution is 2.55. The highest BCUT2D eigenvalue weighted by molar-refractivity contribution is 7.22. The molecule has 6 aromatic rings. The van der Waals surface area contributed by atoms with Gasteiger partial charge in [-0.2, -0.15) is 0 Å². The van der Waals surface area contributed by atoms with E-state index in [0.29, 0.717) is 40.1 Å². The molecule has 0 saturated heterocycles. The molecule has 0 bridgehead atoms. The smallest absolute Gasteiger partial charge is 0.297 e. The molecule has 0 saturated carbocycles. The van der Waals surface area contributed by atoms with E-state index >= 15 is 4.79 Å². The fourth-order valence-electron chi connectivity index (χ4n) is 6.81. The second-order valence-electron chi connectivity index (χ2n) is 11.9. The minimum atomic E-state index is -1.82. The predicted octanol–water partition coefficient (Wildman–Crippen LogP) is 7.18. The average molecular weight is 628 g/mol. The number of nitrogens with zero attached hydrogens (tertiary/aromatic N) is 3. The lowest BCUT2D eigenvalue weighted by Gasteiger charge is -2.32. The van der Waals surface area contributed by atoms with Crippen molar-refractivity contribution >= 4 is 55.2 Å². The van der Waals surface area contributed by atoms with E-state index in [0.717, 1.165) is 27.0 Å². The molecule has 4 heterocycles. The van der Waals surface area contributed by atoms with Crippen LogP contribution in [0.5, 0.6) is 5.75 Å². The number of amides is 2. The van der Waals surface area contributed by atoms with Gasteiger partial charge in [-0.05, 0) is 80.8 Å². The molecule has 2 amide bonds. The summed E-state index contributed by atoms with van der Waals surface area (Å²) in [6, 6.07) is 24.4. The van der Waals surface area contributed by atoms with Gasteiger partial charge in [0.1, 0.15) is 11.3 Å². The third-order valence-corrected chi connectivity index (χ3v) is 10.0. The Morgan fingerprint density at radius 1 is 0.913 bits per heavy atom. The summed E-state index contributed by atoms with van der Waals surface area (Å²) in [5.74, 6) is -0.462. The largest absolute Gasteiger partial charge is 0.494 e. The Bertz CT molecular complexity index is 2340. The van der Waals surface area contributed by atoms with E-state index in [1.54, 1.807) is 17.0 Å². The molecule has 2 aliphatic rings. The van der Waals surface area contributed by atoms with Crippen LogP contribution in [0.2, 0.25) is 0 Å². The minimum absolute atomic E-state index is 0.0201. The van der Waals surface area contributed by atoms with Crippen LogP contribution in [0.3, 0.4) is 0 Å². The monoisotopic (exact) mass is 627 g/mol. The van der Waals surface area contributed by atoms with E-state index in [1.807, 2.05) is 94.4 Å². The zero-order chi connectivity index (χ0) is 31.9. The number of aryl methyl sites for hydroxylation is 3. The molecule has 8 nitrogen and oxygen atoms in total. The predicted molar refractivity (Wildman–Crippen MR) is 179 cm³/mol. The van der Waals surface area contributed by atoms with Gasteiger partial charge in [-0.25, -0.2) is 4.98 Å². The second-order valence-corrected chi connectivity index (χ2v) is 12.9. The number of benzene rings is 4. The quantitative estimate of drug-likeness (QED) is 0.201. The second kappa shape index (κ2) is 10.1. The zero-order valence-electron chi connectivity index (χ0n) is 25.7. The highest BCUT2D eigenvalue weighted by atomic mass is 32.1. The van der Waals surface area contributed by atoms with Crippen molar-refractivity contribution in [2.75, 3.05) is 16.4 Å². The van der Waals surface area contributed by atoms with Crippen LogP contribution in [-0.2, 0) is 16.9 Å². The standard InChI is InChI=1S/C37H29N3O5S/c1-5-44-24-13-14-27-30(18-24)46-36(38-27)40-34(42)33-31(32(41)25-16-21(3)22(4)17-29(25)45-33)37(40)26-11-6-7-12-28(26)39(35(37)43)19-23-10-8-9-20(2)15-23/h6-18H,5,19H2,1-4H3. The summed E-state index contributed by atoms with van der Waals surface area (Å²) in [7, 11) is 0. The number of fused-ring (bicyclic) bond motifs is 6. The fourth-order valence-corrected chi connectivity index (χ4v) is 7.86.